The van der Waals surface area contributed by atoms with Gasteiger partial charge >= 0.3 is 0 Å². The van der Waals surface area contributed by atoms with Gasteiger partial charge in [0.05, 0.1) is 0 Å². The summed E-state index contributed by atoms with van der Waals surface area (Å²) in [6, 6.07) is 0.669. The summed E-state index contributed by atoms with van der Waals surface area (Å²) in [6.45, 7) is 8.16. The molecule has 1 aliphatic rings. The van der Waals surface area contributed by atoms with Crippen LogP contribution in [0.4, 0.5) is 0 Å². The molecule has 96 valence electrons. The minimum absolute atomic E-state index is 0.303. The Labute approximate surface area is 100 Å². The molecule has 1 aliphatic heterocycles. The number of hydrogen-bond donors (Lipinski definition) is 3. The molecule has 0 aromatic heterocycles. The Morgan fingerprint density at radius 3 is 2.81 bits per heavy atom. The molecule has 1 saturated heterocycles. The van der Waals surface area contributed by atoms with Crippen LogP contribution in [-0.2, 0) is 0 Å². The lowest BCUT2D eigenvalue weighted by molar-refractivity contribution is 0.233. The minimum atomic E-state index is 0.303. The van der Waals surface area contributed by atoms with Gasteiger partial charge in [-0.25, -0.2) is 0 Å². The molecule has 3 N–H and O–H groups in total. The number of aliphatic hydroxyl groups is 1. The fourth-order valence-corrected chi connectivity index (χ4v) is 2.33. The van der Waals surface area contributed by atoms with Crippen molar-refractivity contribution in [2.24, 2.45) is 5.41 Å². The molecule has 1 atom stereocenters. The molecule has 1 heterocycles. The summed E-state index contributed by atoms with van der Waals surface area (Å²) in [5.41, 5.74) is 0.303. The van der Waals surface area contributed by atoms with E-state index in [0.717, 1.165) is 25.9 Å². The van der Waals surface area contributed by atoms with E-state index in [1.165, 1.54) is 25.8 Å². The van der Waals surface area contributed by atoms with E-state index in [1.54, 1.807) is 0 Å². The van der Waals surface area contributed by atoms with Crippen LogP contribution in [-0.4, -0.2) is 37.4 Å². The Bertz CT molecular complexity index is 177. The molecular formula is C13H28N2O. The van der Waals surface area contributed by atoms with E-state index in [0.29, 0.717) is 18.1 Å². The van der Waals surface area contributed by atoms with Crippen LogP contribution in [0.25, 0.3) is 0 Å². The maximum Gasteiger partial charge on any atom is 0.0431 e. The lowest BCUT2D eigenvalue weighted by Gasteiger charge is -2.28. The van der Waals surface area contributed by atoms with Gasteiger partial charge in [0.1, 0.15) is 0 Å². The molecule has 1 unspecified atom stereocenters. The van der Waals surface area contributed by atoms with Crippen molar-refractivity contribution in [3.05, 3.63) is 0 Å². The second kappa shape index (κ2) is 7.25. The van der Waals surface area contributed by atoms with Crippen LogP contribution in [0.3, 0.4) is 0 Å². The first-order valence-corrected chi connectivity index (χ1v) is 6.69. The highest BCUT2D eigenvalue weighted by Gasteiger charge is 2.18. The highest BCUT2D eigenvalue weighted by atomic mass is 16.2. The molecule has 1 fully saturated rings. The summed E-state index contributed by atoms with van der Waals surface area (Å²) in [6.07, 6.45) is 6.01. The van der Waals surface area contributed by atoms with Crippen LogP contribution in [0.15, 0.2) is 0 Å². The summed E-state index contributed by atoms with van der Waals surface area (Å²) in [7, 11) is 0. The van der Waals surface area contributed by atoms with E-state index >= 15 is 0 Å². The van der Waals surface area contributed by atoms with Gasteiger partial charge in [0, 0.05) is 25.7 Å². The third-order valence-corrected chi connectivity index (χ3v) is 3.42. The summed E-state index contributed by atoms with van der Waals surface area (Å²) >= 11 is 0. The van der Waals surface area contributed by atoms with Gasteiger partial charge in [0.2, 0.25) is 0 Å². The molecule has 0 saturated carbocycles. The molecule has 0 aliphatic carbocycles. The number of rotatable bonds is 7. The van der Waals surface area contributed by atoms with Gasteiger partial charge in [-0.1, -0.05) is 20.3 Å². The smallest absolute Gasteiger partial charge is 0.0431 e. The predicted octanol–water partition coefficient (Wildman–Crippen LogP) is 1.52. The van der Waals surface area contributed by atoms with E-state index < -0.39 is 0 Å². The molecule has 0 aromatic rings. The van der Waals surface area contributed by atoms with Crippen molar-refractivity contribution in [1.29, 1.82) is 0 Å². The zero-order chi connectivity index (χ0) is 11.9. The first-order valence-electron chi connectivity index (χ1n) is 6.69. The molecule has 0 spiro atoms. The van der Waals surface area contributed by atoms with Crippen molar-refractivity contribution in [2.45, 2.75) is 52.0 Å². The summed E-state index contributed by atoms with van der Waals surface area (Å²) in [5.74, 6) is 0. The summed E-state index contributed by atoms with van der Waals surface area (Å²) < 4.78 is 0. The zero-order valence-electron chi connectivity index (χ0n) is 10.9. The van der Waals surface area contributed by atoms with E-state index in [2.05, 4.69) is 24.5 Å². The lowest BCUT2D eigenvalue weighted by atomic mass is 9.88. The van der Waals surface area contributed by atoms with Crippen molar-refractivity contribution in [3.63, 3.8) is 0 Å². The van der Waals surface area contributed by atoms with Crippen LogP contribution in [0.5, 0.6) is 0 Å². The van der Waals surface area contributed by atoms with Crippen LogP contribution in [0, 0.1) is 5.41 Å². The molecule has 0 amide bonds. The van der Waals surface area contributed by atoms with Crippen LogP contribution in [0.2, 0.25) is 0 Å². The average molecular weight is 228 g/mol. The molecule has 3 heteroatoms. The molecular weight excluding hydrogens is 200 g/mol. The molecule has 0 bridgehead atoms. The topological polar surface area (TPSA) is 44.3 Å². The van der Waals surface area contributed by atoms with Gasteiger partial charge in [0.25, 0.3) is 0 Å². The Morgan fingerprint density at radius 2 is 2.19 bits per heavy atom. The second-order valence-corrected chi connectivity index (χ2v) is 5.77. The lowest BCUT2D eigenvalue weighted by Crippen LogP contribution is -2.43. The van der Waals surface area contributed by atoms with Crippen LogP contribution >= 0.6 is 0 Å². The SMILES string of the molecule is CC(C)(CCCO)CNCC1CCCCN1. The minimum Gasteiger partial charge on any atom is -0.396 e. The van der Waals surface area contributed by atoms with Crippen LogP contribution < -0.4 is 10.6 Å². The summed E-state index contributed by atoms with van der Waals surface area (Å²) in [5, 5.41) is 15.9. The van der Waals surface area contributed by atoms with E-state index in [1.807, 2.05) is 0 Å². The van der Waals surface area contributed by atoms with Crippen LogP contribution in [0.1, 0.15) is 46.0 Å². The number of nitrogens with one attached hydrogen (secondary N) is 2. The third kappa shape index (κ3) is 5.83. The largest absolute Gasteiger partial charge is 0.396 e. The second-order valence-electron chi connectivity index (χ2n) is 5.77. The maximum absolute atomic E-state index is 8.83. The predicted molar refractivity (Wildman–Crippen MR) is 68.6 cm³/mol. The molecule has 0 radical (unpaired) electrons. The fourth-order valence-electron chi connectivity index (χ4n) is 2.33. The highest BCUT2D eigenvalue weighted by molar-refractivity contribution is 4.77. The fraction of sp³-hybridized carbons (Fsp3) is 1.00. The van der Waals surface area contributed by atoms with E-state index in [-0.39, 0.29) is 0 Å². The standard InChI is InChI=1S/C13H28N2O/c1-13(2,7-5-9-16)11-14-10-12-6-3-4-8-15-12/h12,14-16H,3-11H2,1-2H3. The van der Waals surface area contributed by atoms with E-state index in [9.17, 15) is 0 Å². The Kier molecular flexibility index (Phi) is 6.32. The molecule has 3 nitrogen and oxygen atoms in total. The maximum atomic E-state index is 8.83. The van der Waals surface area contributed by atoms with Gasteiger partial charge in [0.15, 0.2) is 0 Å². The van der Waals surface area contributed by atoms with Gasteiger partial charge in [-0.05, 0) is 37.6 Å². The normalized spacial score (nSPS) is 22.3. The first kappa shape index (κ1) is 13.9. The van der Waals surface area contributed by atoms with Crippen molar-refractivity contribution < 1.29 is 5.11 Å². The van der Waals surface area contributed by atoms with Crippen molar-refractivity contribution in [1.82, 2.24) is 10.6 Å². The third-order valence-electron chi connectivity index (χ3n) is 3.42. The Morgan fingerprint density at radius 1 is 1.38 bits per heavy atom. The zero-order valence-corrected chi connectivity index (χ0v) is 10.9. The van der Waals surface area contributed by atoms with Crippen molar-refractivity contribution in [3.8, 4) is 0 Å². The first-order chi connectivity index (χ1) is 7.64. The van der Waals surface area contributed by atoms with Gasteiger partial charge < -0.3 is 15.7 Å². The highest BCUT2D eigenvalue weighted by Crippen LogP contribution is 2.20. The Balaban J connectivity index is 2.08. The van der Waals surface area contributed by atoms with Crippen molar-refractivity contribution in [2.75, 3.05) is 26.2 Å². The summed E-state index contributed by atoms with van der Waals surface area (Å²) in [4.78, 5) is 0. The quantitative estimate of drug-likeness (QED) is 0.619. The molecule has 0 aromatic carbocycles. The Hall–Kier alpha value is -0.120. The molecule has 16 heavy (non-hydrogen) atoms. The van der Waals surface area contributed by atoms with Gasteiger partial charge in [-0.15, -0.1) is 0 Å². The molecule has 1 rings (SSSR count). The number of hydrogen-bond acceptors (Lipinski definition) is 3. The monoisotopic (exact) mass is 228 g/mol. The van der Waals surface area contributed by atoms with E-state index in [4.69, 9.17) is 5.11 Å². The van der Waals surface area contributed by atoms with Gasteiger partial charge in [-0.3, -0.25) is 0 Å². The number of piperidine rings is 1. The average Bonchev–Trinajstić information content (AvgIpc) is 2.28. The van der Waals surface area contributed by atoms with Gasteiger partial charge in [-0.2, -0.15) is 0 Å². The van der Waals surface area contributed by atoms with Crippen molar-refractivity contribution >= 4 is 0 Å². The number of aliphatic hydroxyl groups excluding tert-OH is 1.